The molecule has 82 valence electrons. The summed E-state index contributed by atoms with van der Waals surface area (Å²) in [6.45, 7) is 4.60. The summed E-state index contributed by atoms with van der Waals surface area (Å²) < 4.78 is 0. The molecule has 0 atom stereocenters. The van der Waals surface area contributed by atoms with E-state index in [1.165, 1.54) is 5.56 Å². The first kappa shape index (κ1) is 11.9. The van der Waals surface area contributed by atoms with Crippen LogP contribution in [0.1, 0.15) is 35.3 Å². The van der Waals surface area contributed by atoms with Crippen LogP contribution in [0.4, 0.5) is 0 Å². The van der Waals surface area contributed by atoms with E-state index in [4.69, 9.17) is 0 Å². The highest BCUT2D eigenvalue weighted by Crippen LogP contribution is 2.14. The molecule has 1 aromatic carbocycles. The molecule has 15 heavy (non-hydrogen) atoms. The van der Waals surface area contributed by atoms with Gasteiger partial charge >= 0.3 is 0 Å². The third kappa shape index (κ3) is 2.90. The Morgan fingerprint density at radius 3 is 2.53 bits per heavy atom. The number of carbonyl (C=O) groups excluding carboxylic acids is 1. The highest BCUT2D eigenvalue weighted by Gasteiger charge is 2.09. The number of carbonyl (C=O) groups is 1. The first-order chi connectivity index (χ1) is 7.22. The lowest BCUT2D eigenvalue weighted by Gasteiger charge is -2.08. The number of nitrogens with one attached hydrogen (secondary N) is 1. The Labute approximate surface area is 91.7 Å². The van der Waals surface area contributed by atoms with Crippen LogP contribution in [0.2, 0.25) is 0 Å². The Morgan fingerprint density at radius 2 is 2.00 bits per heavy atom. The summed E-state index contributed by atoms with van der Waals surface area (Å²) in [5.74, 6) is 0.185. The molecule has 1 rings (SSSR count). The van der Waals surface area contributed by atoms with Gasteiger partial charge in [0.15, 0.2) is 5.78 Å². The van der Waals surface area contributed by atoms with Crippen LogP contribution in [0.3, 0.4) is 0 Å². The topological polar surface area (TPSA) is 29.1 Å². The van der Waals surface area contributed by atoms with Crippen molar-refractivity contribution in [3.05, 3.63) is 34.9 Å². The highest BCUT2D eigenvalue weighted by molar-refractivity contribution is 5.99. The Hall–Kier alpha value is -1.15. The fourth-order valence-corrected chi connectivity index (χ4v) is 1.67. The zero-order chi connectivity index (χ0) is 11.3. The molecular weight excluding hydrogens is 186 g/mol. The summed E-state index contributed by atoms with van der Waals surface area (Å²) in [5.41, 5.74) is 3.25. The Morgan fingerprint density at radius 1 is 1.27 bits per heavy atom. The number of aryl methyl sites for hydroxylation is 2. The fraction of sp³-hybridized carbons (Fsp3) is 0.462. The lowest BCUT2D eigenvalue weighted by Crippen LogP contribution is -2.20. The van der Waals surface area contributed by atoms with Crippen molar-refractivity contribution in [3.63, 3.8) is 0 Å². The van der Waals surface area contributed by atoms with Crippen molar-refractivity contribution < 1.29 is 4.79 Å². The Bertz CT molecular complexity index is 344. The number of hydrogen-bond acceptors (Lipinski definition) is 2. The van der Waals surface area contributed by atoms with Gasteiger partial charge in [-0.05, 0) is 37.1 Å². The van der Waals surface area contributed by atoms with E-state index in [0.29, 0.717) is 6.54 Å². The van der Waals surface area contributed by atoms with Crippen LogP contribution < -0.4 is 5.32 Å². The molecule has 1 aromatic rings. The predicted octanol–water partition coefficient (Wildman–Crippen LogP) is 2.21. The molecule has 0 aliphatic heterocycles. The van der Waals surface area contributed by atoms with E-state index >= 15 is 0 Å². The van der Waals surface area contributed by atoms with E-state index in [9.17, 15) is 4.79 Å². The second kappa shape index (κ2) is 5.66. The van der Waals surface area contributed by atoms with Crippen LogP contribution in [0, 0.1) is 0 Å². The number of Topliss-reactive ketones (excluding diaryl/α,β-unsaturated/α-hetero) is 1. The van der Waals surface area contributed by atoms with Gasteiger partial charge in [-0.2, -0.15) is 0 Å². The number of hydrogen-bond donors (Lipinski definition) is 1. The van der Waals surface area contributed by atoms with Gasteiger partial charge in [0.2, 0.25) is 0 Å². The smallest absolute Gasteiger partial charge is 0.176 e. The molecule has 0 amide bonds. The minimum atomic E-state index is 0.185. The van der Waals surface area contributed by atoms with Crippen molar-refractivity contribution in [2.45, 2.75) is 26.7 Å². The zero-order valence-electron chi connectivity index (χ0n) is 9.76. The van der Waals surface area contributed by atoms with Gasteiger partial charge in [-0.1, -0.05) is 26.0 Å². The van der Waals surface area contributed by atoms with Crippen molar-refractivity contribution >= 4 is 5.78 Å². The van der Waals surface area contributed by atoms with E-state index < -0.39 is 0 Å². The normalized spacial score (nSPS) is 10.3. The van der Waals surface area contributed by atoms with E-state index in [-0.39, 0.29) is 5.78 Å². The summed E-state index contributed by atoms with van der Waals surface area (Å²) in [5, 5.41) is 2.91. The van der Waals surface area contributed by atoms with Gasteiger partial charge in [-0.15, -0.1) is 0 Å². The summed E-state index contributed by atoms with van der Waals surface area (Å²) in [6.07, 6.45) is 1.89. The molecule has 0 heterocycles. The average Bonchev–Trinajstić information content (AvgIpc) is 2.28. The van der Waals surface area contributed by atoms with Crippen molar-refractivity contribution in [2.75, 3.05) is 13.6 Å². The minimum Gasteiger partial charge on any atom is -0.313 e. The third-order valence-corrected chi connectivity index (χ3v) is 2.60. The molecule has 0 aliphatic carbocycles. The predicted molar refractivity (Wildman–Crippen MR) is 63.5 cm³/mol. The van der Waals surface area contributed by atoms with Crippen molar-refractivity contribution in [3.8, 4) is 0 Å². The Balaban J connectivity index is 3.05. The van der Waals surface area contributed by atoms with Gasteiger partial charge in [-0.3, -0.25) is 4.79 Å². The molecule has 0 saturated heterocycles. The summed E-state index contributed by atoms with van der Waals surface area (Å²) >= 11 is 0. The Kier molecular flexibility index (Phi) is 4.50. The first-order valence-corrected chi connectivity index (χ1v) is 5.52. The molecule has 0 unspecified atom stereocenters. The first-order valence-electron chi connectivity index (χ1n) is 5.52. The molecule has 0 fully saturated rings. The van der Waals surface area contributed by atoms with Crippen molar-refractivity contribution in [1.82, 2.24) is 5.32 Å². The standard InChI is InChI=1S/C13H19NO/c1-4-10-6-7-11(5-2)12(8-10)13(15)9-14-3/h6-8,14H,4-5,9H2,1-3H3. The molecule has 0 aromatic heterocycles. The summed E-state index contributed by atoms with van der Waals surface area (Å²) in [4.78, 5) is 11.8. The molecule has 2 heteroatoms. The number of rotatable bonds is 5. The zero-order valence-corrected chi connectivity index (χ0v) is 9.76. The van der Waals surface area contributed by atoms with Gasteiger partial charge in [-0.25, -0.2) is 0 Å². The SMILES string of the molecule is CCc1ccc(CC)c(C(=O)CNC)c1. The van der Waals surface area contributed by atoms with Crippen LogP contribution in [0.25, 0.3) is 0 Å². The van der Waals surface area contributed by atoms with E-state index in [0.717, 1.165) is 24.0 Å². The van der Waals surface area contributed by atoms with Gasteiger partial charge < -0.3 is 5.32 Å². The maximum absolute atomic E-state index is 11.8. The molecule has 1 N–H and O–H groups in total. The molecule has 0 aliphatic rings. The third-order valence-electron chi connectivity index (χ3n) is 2.60. The van der Waals surface area contributed by atoms with Crippen LogP contribution in [0.15, 0.2) is 18.2 Å². The van der Waals surface area contributed by atoms with E-state index in [1.54, 1.807) is 7.05 Å². The molecule has 0 bridgehead atoms. The monoisotopic (exact) mass is 205 g/mol. The van der Waals surface area contributed by atoms with Gasteiger partial charge in [0.1, 0.15) is 0 Å². The minimum absolute atomic E-state index is 0.185. The van der Waals surface area contributed by atoms with Crippen molar-refractivity contribution in [2.24, 2.45) is 0 Å². The van der Waals surface area contributed by atoms with Crippen LogP contribution >= 0.6 is 0 Å². The lowest BCUT2D eigenvalue weighted by molar-refractivity contribution is 0.0992. The molecule has 0 spiro atoms. The van der Waals surface area contributed by atoms with E-state index in [1.807, 2.05) is 6.07 Å². The second-order valence-electron chi connectivity index (χ2n) is 3.65. The van der Waals surface area contributed by atoms with Crippen LogP contribution in [-0.2, 0) is 12.8 Å². The maximum Gasteiger partial charge on any atom is 0.176 e. The van der Waals surface area contributed by atoms with Gasteiger partial charge in [0.05, 0.1) is 6.54 Å². The van der Waals surface area contributed by atoms with Crippen LogP contribution in [-0.4, -0.2) is 19.4 Å². The summed E-state index contributed by atoms with van der Waals surface area (Å²) in [7, 11) is 1.80. The van der Waals surface area contributed by atoms with Gasteiger partial charge in [0.25, 0.3) is 0 Å². The number of likely N-dealkylation sites (N-methyl/N-ethyl adjacent to an activating group) is 1. The summed E-state index contributed by atoms with van der Waals surface area (Å²) in [6, 6.07) is 6.20. The second-order valence-corrected chi connectivity index (χ2v) is 3.65. The van der Waals surface area contributed by atoms with Gasteiger partial charge in [0, 0.05) is 5.56 Å². The molecule has 2 nitrogen and oxygen atoms in total. The quantitative estimate of drug-likeness (QED) is 0.747. The van der Waals surface area contributed by atoms with Crippen LogP contribution in [0.5, 0.6) is 0 Å². The molecule has 0 saturated carbocycles. The number of benzene rings is 1. The largest absolute Gasteiger partial charge is 0.313 e. The molecule has 0 radical (unpaired) electrons. The lowest BCUT2D eigenvalue weighted by atomic mass is 9.98. The van der Waals surface area contributed by atoms with Crippen molar-refractivity contribution in [1.29, 1.82) is 0 Å². The average molecular weight is 205 g/mol. The molecular formula is C13H19NO. The fourth-order valence-electron chi connectivity index (χ4n) is 1.67. The highest BCUT2D eigenvalue weighted by atomic mass is 16.1. The number of ketones is 1. The maximum atomic E-state index is 11.8. The van der Waals surface area contributed by atoms with E-state index in [2.05, 4.69) is 31.3 Å².